The molecular formula is C13H17N3O5. The molecule has 114 valence electrons. The van der Waals surface area contributed by atoms with Gasteiger partial charge in [-0.25, -0.2) is 4.79 Å². The second-order valence-corrected chi connectivity index (χ2v) is 4.84. The number of hydrogen-bond acceptors (Lipinski definition) is 5. The number of nitrogens with one attached hydrogen (secondary N) is 2. The third-order valence-corrected chi connectivity index (χ3v) is 2.59. The van der Waals surface area contributed by atoms with Crippen LogP contribution in [0.3, 0.4) is 0 Å². The van der Waals surface area contributed by atoms with Crippen LogP contribution in [0.15, 0.2) is 18.2 Å². The van der Waals surface area contributed by atoms with Crippen LogP contribution in [0.25, 0.3) is 0 Å². The van der Waals surface area contributed by atoms with Crippen LogP contribution in [-0.4, -0.2) is 35.0 Å². The fraction of sp³-hybridized carbons (Fsp3) is 0.385. The van der Waals surface area contributed by atoms with E-state index in [9.17, 15) is 19.7 Å². The van der Waals surface area contributed by atoms with Gasteiger partial charge in [0.2, 0.25) is 5.91 Å². The van der Waals surface area contributed by atoms with Crippen molar-refractivity contribution in [3.63, 3.8) is 0 Å². The maximum absolute atomic E-state index is 11.5. The van der Waals surface area contributed by atoms with Gasteiger partial charge in [0, 0.05) is 24.4 Å². The zero-order valence-electron chi connectivity index (χ0n) is 11.8. The van der Waals surface area contributed by atoms with Crippen molar-refractivity contribution in [3.8, 4) is 0 Å². The molecule has 0 atom stereocenters. The molecule has 0 bridgehead atoms. The molecule has 0 spiro atoms. The van der Waals surface area contributed by atoms with E-state index in [1.807, 2.05) is 13.8 Å². The van der Waals surface area contributed by atoms with Crippen LogP contribution in [0, 0.1) is 16.0 Å². The SMILES string of the molecule is CC(C)CNC(=O)CNc1ccc([N+](=O)[O-])cc1C(=O)O. The number of rotatable bonds is 7. The van der Waals surface area contributed by atoms with Crippen molar-refractivity contribution in [2.45, 2.75) is 13.8 Å². The van der Waals surface area contributed by atoms with Crippen LogP contribution in [0.2, 0.25) is 0 Å². The van der Waals surface area contributed by atoms with E-state index in [-0.39, 0.29) is 29.4 Å². The van der Waals surface area contributed by atoms with E-state index < -0.39 is 10.9 Å². The van der Waals surface area contributed by atoms with Crippen LogP contribution in [0.1, 0.15) is 24.2 Å². The maximum atomic E-state index is 11.5. The van der Waals surface area contributed by atoms with E-state index >= 15 is 0 Å². The van der Waals surface area contributed by atoms with E-state index in [0.29, 0.717) is 12.5 Å². The Balaban J connectivity index is 2.77. The molecule has 1 rings (SSSR count). The minimum atomic E-state index is -1.30. The van der Waals surface area contributed by atoms with Crippen LogP contribution in [0.5, 0.6) is 0 Å². The first kappa shape index (κ1) is 16.4. The average Bonchev–Trinajstić information content (AvgIpc) is 2.42. The first-order chi connectivity index (χ1) is 9.81. The Kier molecular flexibility index (Phi) is 5.65. The van der Waals surface area contributed by atoms with Gasteiger partial charge < -0.3 is 15.7 Å². The summed E-state index contributed by atoms with van der Waals surface area (Å²) in [5.74, 6) is -1.27. The van der Waals surface area contributed by atoms with Crippen molar-refractivity contribution in [3.05, 3.63) is 33.9 Å². The monoisotopic (exact) mass is 295 g/mol. The number of carboxylic acids is 1. The van der Waals surface area contributed by atoms with Crippen molar-refractivity contribution in [2.75, 3.05) is 18.4 Å². The van der Waals surface area contributed by atoms with E-state index in [1.54, 1.807) is 0 Å². The third-order valence-electron chi connectivity index (χ3n) is 2.59. The maximum Gasteiger partial charge on any atom is 0.338 e. The second-order valence-electron chi connectivity index (χ2n) is 4.84. The van der Waals surface area contributed by atoms with Crippen LogP contribution in [-0.2, 0) is 4.79 Å². The number of anilines is 1. The predicted molar refractivity (Wildman–Crippen MR) is 76.4 cm³/mol. The van der Waals surface area contributed by atoms with E-state index in [0.717, 1.165) is 6.07 Å². The van der Waals surface area contributed by atoms with E-state index in [2.05, 4.69) is 10.6 Å². The summed E-state index contributed by atoms with van der Waals surface area (Å²) < 4.78 is 0. The Morgan fingerprint density at radius 2 is 2.05 bits per heavy atom. The van der Waals surface area contributed by atoms with Crippen molar-refractivity contribution < 1.29 is 19.6 Å². The van der Waals surface area contributed by atoms with Gasteiger partial charge >= 0.3 is 5.97 Å². The highest BCUT2D eigenvalue weighted by Crippen LogP contribution is 2.22. The zero-order valence-corrected chi connectivity index (χ0v) is 11.8. The van der Waals surface area contributed by atoms with Crippen LogP contribution >= 0.6 is 0 Å². The number of nitrogens with zero attached hydrogens (tertiary/aromatic N) is 1. The lowest BCUT2D eigenvalue weighted by atomic mass is 10.1. The number of nitro benzene ring substituents is 1. The lowest BCUT2D eigenvalue weighted by Crippen LogP contribution is -2.32. The van der Waals surface area contributed by atoms with Crippen molar-refractivity contribution in [1.29, 1.82) is 0 Å². The molecule has 0 aromatic heterocycles. The highest BCUT2D eigenvalue weighted by molar-refractivity contribution is 5.95. The summed E-state index contributed by atoms with van der Waals surface area (Å²) in [4.78, 5) is 32.6. The topological polar surface area (TPSA) is 122 Å². The summed E-state index contributed by atoms with van der Waals surface area (Å²) in [5.41, 5.74) is -0.407. The van der Waals surface area contributed by atoms with Gasteiger partial charge in [0.05, 0.1) is 17.0 Å². The van der Waals surface area contributed by atoms with Gasteiger partial charge in [-0.05, 0) is 12.0 Å². The smallest absolute Gasteiger partial charge is 0.338 e. The molecule has 0 saturated carbocycles. The van der Waals surface area contributed by atoms with Crippen molar-refractivity contribution in [2.24, 2.45) is 5.92 Å². The number of aromatic carboxylic acids is 1. The molecule has 0 heterocycles. The molecule has 8 heteroatoms. The van der Waals surface area contributed by atoms with Gasteiger partial charge in [-0.1, -0.05) is 13.8 Å². The summed E-state index contributed by atoms with van der Waals surface area (Å²) in [7, 11) is 0. The van der Waals surface area contributed by atoms with Gasteiger partial charge in [0.15, 0.2) is 0 Å². The Bertz CT molecular complexity index is 557. The molecule has 0 fully saturated rings. The largest absolute Gasteiger partial charge is 0.478 e. The summed E-state index contributed by atoms with van der Waals surface area (Å²) in [6, 6.07) is 3.41. The molecule has 3 N–H and O–H groups in total. The molecule has 0 aliphatic heterocycles. The van der Waals surface area contributed by atoms with Gasteiger partial charge in [-0.3, -0.25) is 14.9 Å². The molecule has 0 aliphatic rings. The summed E-state index contributed by atoms with van der Waals surface area (Å²) in [5, 5.41) is 25.0. The van der Waals surface area contributed by atoms with Gasteiger partial charge in [0.1, 0.15) is 0 Å². The highest BCUT2D eigenvalue weighted by atomic mass is 16.6. The summed E-state index contributed by atoms with van der Waals surface area (Å²) in [6.07, 6.45) is 0. The van der Waals surface area contributed by atoms with Gasteiger partial charge in [-0.15, -0.1) is 0 Å². The normalized spacial score (nSPS) is 10.2. The zero-order chi connectivity index (χ0) is 16.0. The molecule has 1 aromatic carbocycles. The number of hydrogen-bond donors (Lipinski definition) is 3. The standard InChI is InChI=1S/C13H17N3O5/c1-8(2)6-15-12(17)7-14-11-4-3-9(16(20)21)5-10(11)13(18)19/h3-5,8,14H,6-7H2,1-2H3,(H,15,17)(H,18,19). The molecule has 0 unspecified atom stereocenters. The molecule has 1 aromatic rings. The Hall–Kier alpha value is -2.64. The third kappa shape index (κ3) is 5.09. The van der Waals surface area contributed by atoms with E-state index in [1.165, 1.54) is 12.1 Å². The van der Waals surface area contributed by atoms with Crippen LogP contribution in [0.4, 0.5) is 11.4 Å². The highest BCUT2D eigenvalue weighted by Gasteiger charge is 2.16. The molecule has 0 saturated heterocycles. The molecule has 0 aliphatic carbocycles. The Labute approximate surface area is 121 Å². The lowest BCUT2D eigenvalue weighted by Gasteiger charge is -2.11. The lowest BCUT2D eigenvalue weighted by molar-refractivity contribution is -0.384. The number of benzene rings is 1. The number of carbonyl (C=O) groups excluding carboxylic acids is 1. The minimum absolute atomic E-state index is 0.106. The summed E-state index contributed by atoms with van der Waals surface area (Å²) in [6.45, 7) is 4.32. The molecule has 1 amide bonds. The predicted octanol–water partition coefficient (Wildman–Crippen LogP) is 1.48. The number of amides is 1. The number of carbonyl (C=O) groups is 2. The van der Waals surface area contributed by atoms with Crippen molar-refractivity contribution in [1.82, 2.24) is 5.32 Å². The van der Waals surface area contributed by atoms with Gasteiger partial charge in [0.25, 0.3) is 5.69 Å². The van der Waals surface area contributed by atoms with Crippen LogP contribution < -0.4 is 10.6 Å². The second kappa shape index (κ2) is 7.22. The Morgan fingerprint density at radius 3 is 2.57 bits per heavy atom. The fourth-order valence-electron chi connectivity index (χ4n) is 1.53. The Morgan fingerprint density at radius 1 is 1.38 bits per heavy atom. The number of non-ortho nitro benzene ring substituents is 1. The molecule has 0 radical (unpaired) electrons. The number of carboxylic acid groups (broad SMARTS) is 1. The minimum Gasteiger partial charge on any atom is -0.478 e. The molecule has 8 nitrogen and oxygen atoms in total. The first-order valence-electron chi connectivity index (χ1n) is 6.33. The molecular weight excluding hydrogens is 278 g/mol. The number of nitro groups is 1. The average molecular weight is 295 g/mol. The van der Waals surface area contributed by atoms with Crippen molar-refractivity contribution >= 4 is 23.3 Å². The molecule has 21 heavy (non-hydrogen) atoms. The van der Waals surface area contributed by atoms with Gasteiger partial charge in [-0.2, -0.15) is 0 Å². The van der Waals surface area contributed by atoms with E-state index in [4.69, 9.17) is 5.11 Å². The summed E-state index contributed by atoms with van der Waals surface area (Å²) >= 11 is 0. The fourth-order valence-corrected chi connectivity index (χ4v) is 1.53. The quantitative estimate of drug-likeness (QED) is 0.517. The first-order valence-corrected chi connectivity index (χ1v) is 6.33.